The number of fused-ring (bicyclic) bond motifs is 1. The first-order chi connectivity index (χ1) is 11.7. The largest absolute Gasteiger partial charge is 0.479 e. The van der Waals surface area contributed by atoms with Crippen molar-refractivity contribution in [3.8, 4) is 5.88 Å². The number of nitrogens with zero attached hydrogens (tertiary/aromatic N) is 4. The van der Waals surface area contributed by atoms with Crippen molar-refractivity contribution in [1.82, 2.24) is 19.7 Å². The lowest BCUT2D eigenvalue weighted by atomic mass is 10.4. The van der Waals surface area contributed by atoms with Gasteiger partial charge in [-0.05, 0) is 19.1 Å². The highest BCUT2D eigenvalue weighted by atomic mass is 35.5. The van der Waals surface area contributed by atoms with Gasteiger partial charge in [-0.25, -0.2) is 23.1 Å². The molecule has 8 nitrogen and oxygen atoms in total. The Bertz CT molecular complexity index is 1080. The maximum atomic E-state index is 12.8. The number of methoxy groups -OCH3 is 1. The van der Waals surface area contributed by atoms with Gasteiger partial charge in [-0.15, -0.1) is 5.10 Å². The molecule has 0 aliphatic heterocycles. The van der Waals surface area contributed by atoms with E-state index in [2.05, 4.69) is 19.8 Å². The summed E-state index contributed by atoms with van der Waals surface area (Å²) >= 11 is 11.9. The van der Waals surface area contributed by atoms with Crippen LogP contribution in [0, 0.1) is 6.92 Å². The third-order valence-corrected chi connectivity index (χ3v) is 5.71. The molecular formula is C14H13Cl2N5O3S. The average molecular weight is 402 g/mol. The van der Waals surface area contributed by atoms with Gasteiger partial charge in [0.15, 0.2) is 11.5 Å². The van der Waals surface area contributed by atoms with E-state index >= 15 is 0 Å². The Morgan fingerprint density at radius 2 is 1.96 bits per heavy atom. The zero-order valence-electron chi connectivity index (χ0n) is 13.4. The van der Waals surface area contributed by atoms with Gasteiger partial charge in [0.05, 0.1) is 17.2 Å². The quantitative estimate of drug-likeness (QED) is 0.721. The van der Waals surface area contributed by atoms with E-state index in [0.717, 1.165) is 0 Å². The normalized spacial score (nSPS) is 11.7. The van der Waals surface area contributed by atoms with E-state index in [1.165, 1.54) is 30.0 Å². The first-order valence-electron chi connectivity index (χ1n) is 6.96. The summed E-state index contributed by atoms with van der Waals surface area (Å²) in [6, 6.07) is 4.34. The lowest BCUT2D eigenvalue weighted by molar-refractivity contribution is 0.396. The minimum absolute atomic E-state index is 0.0449. The van der Waals surface area contributed by atoms with Crippen LogP contribution in [0.4, 0.5) is 5.82 Å². The highest BCUT2D eigenvalue weighted by Gasteiger charge is 2.24. The summed E-state index contributed by atoms with van der Waals surface area (Å²) in [6.45, 7) is 1.64. The summed E-state index contributed by atoms with van der Waals surface area (Å²) in [7, 11) is -0.945. The first-order valence-corrected chi connectivity index (χ1v) is 9.20. The molecule has 2 aromatic heterocycles. The molecule has 1 N–H and O–H groups in total. The fourth-order valence-corrected chi connectivity index (χ4v) is 4.09. The molecule has 25 heavy (non-hydrogen) atoms. The SMILES string of the molecule is COc1nn(C)c2nc(C)nc(NS(=O)(=O)c3cccc(Cl)c3Cl)c12. The number of aromatic nitrogens is 4. The average Bonchev–Trinajstić information content (AvgIpc) is 2.86. The second-order valence-corrected chi connectivity index (χ2v) is 7.54. The smallest absolute Gasteiger partial charge is 0.264 e. The molecule has 132 valence electrons. The molecule has 1 aromatic carbocycles. The Balaban J connectivity index is 2.19. The van der Waals surface area contributed by atoms with E-state index in [-0.39, 0.29) is 26.6 Å². The monoisotopic (exact) mass is 401 g/mol. The van der Waals surface area contributed by atoms with E-state index in [9.17, 15) is 8.42 Å². The Morgan fingerprint density at radius 1 is 1.24 bits per heavy atom. The van der Waals surface area contributed by atoms with Crippen LogP contribution in [0.5, 0.6) is 5.88 Å². The highest BCUT2D eigenvalue weighted by molar-refractivity contribution is 7.92. The molecule has 3 rings (SSSR count). The highest BCUT2D eigenvalue weighted by Crippen LogP contribution is 2.33. The predicted molar refractivity (Wildman–Crippen MR) is 94.9 cm³/mol. The molecule has 0 aliphatic carbocycles. The maximum Gasteiger partial charge on any atom is 0.264 e. The van der Waals surface area contributed by atoms with E-state index in [0.29, 0.717) is 16.9 Å². The van der Waals surface area contributed by atoms with Crippen molar-refractivity contribution in [2.45, 2.75) is 11.8 Å². The number of aryl methyl sites for hydroxylation is 2. The number of hydrogen-bond acceptors (Lipinski definition) is 6. The van der Waals surface area contributed by atoms with E-state index in [1.807, 2.05) is 0 Å². The maximum absolute atomic E-state index is 12.8. The van der Waals surface area contributed by atoms with E-state index in [4.69, 9.17) is 27.9 Å². The van der Waals surface area contributed by atoms with Crippen molar-refractivity contribution in [2.75, 3.05) is 11.8 Å². The van der Waals surface area contributed by atoms with Gasteiger partial charge >= 0.3 is 0 Å². The summed E-state index contributed by atoms with van der Waals surface area (Å²) < 4.78 is 34.6. The molecule has 0 radical (unpaired) electrons. The van der Waals surface area contributed by atoms with Crippen molar-refractivity contribution >= 4 is 50.1 Å². The van der Waals surface area contributed by atoms with Crippen LogP contribution < -0.4 is 9.46 Å². The van der Waals surface area contributed by atoms with Gasteiger partial charge in [0.1, 0.15) is 16.1 Å². The Kier molecular flexibility index (Phi) is 4.48. The zero-order chi connectivity index (χ0) is 18.4. The minimum Gasteiger partial charge on any atom is -0.479 e. The van der Waals surface area contributed by atoms with E-state index < -0.39 is 10.0 Å². The molecule has 0 saturated carbocycles. The van der Waals surface area contributed by atoms with Crippen LogP contribution in [0.1, 0.15) is 5.82 Å². The number of anilines is 1. The molecule has 0 saturated heterocycles. The summed E-state index contributed by atoms with van der Waals surface area (Å²) in [4.78, 5) is 8.28. The molecule has 0 bridgehead atoms. The van der Waals surface area contributed by atoms with Crippen LogP contribution in [-0.4, -0.2) is 35.3 Å². The molecule has 0 unspecified atom stereocenters. The van der Waals surface area contributed by atoms with Crippen molar-refractivity contribution in [1.29, 1.82) is 0 Å². The summed E-state index contributed by atoms with van der Waals surface area (Å²) in [5.74, 6) is 0.615. The van der Waals surface area contributed by atoms with Crippen LogP contribution in [0.25, 0.3) is 11.0 Å². The van der Waals surface area contributed by atoms with Gasteiger partial charge in [0.25, 0.3) is 10.0 Å². The number of benzene rings is 1. The summed E-state index contributed by atoms with van der Waals surface area (Å²) in [6.07, 6.45) is 0. The molecule has 0 fully saturated rings. The number of rotatable bonds is 4. The van der Waals surface area contributed by atoms with Crippen LogP contribution >= 0.6 is 23.2 Å². The second-order valence-electron chi connectivity index (χ2n) is 5.11. The molecule has 2 heterocycles. The Labute approximate surface area is 153 Å². The van der Waals surface area contributed by atoms with Crippen LogP contribution in [-0.2, 0) is 17.1 Å². The lowest BCUT2D eigenvalue weighted by Gasteiger charge is -2.11. The van der Waals surface area contributed by atoms with Crippen molar-refractivity contribution in [3.63, 3.8) is 0 Å². The fourth-order valence-electron chi connectivity index (χ4n) is 2.31. The van der Waals surface area contributed by atoms with Gasteiger partial charge in [0, 0.05) is 7.05 Å². The number of sulfonamides is 1. The van der Waals surface area contributed by atoms with Gasteiger partial charge < -0.3 is 4.74 Å². The first kappa shape index (κ1) is 17.7. The van der Waals surface area contributed by atoms with Gasteiger partial charge in [-0.3, -0.25) is 4.72 Å². The van der Waals surface area contributed by atoms with Crippen LogP contribution in [0.2, 0.25) is 10.0 Å². The standard InChI is InChI=1S/C14H13Cl2N5O3S/c1-7-17-12(10-13(18-7)21(2)19-14(10)24-3)20-25(22,23)9-6-4-5-8(15)11(9)16/h4-6H,1-3H3,(H,17,18,20). The van der Waals surface area contributed by atoms with Crippen LogP contribution in [0.3, 0.4) is 0 Å². The molecule has 3 aromatic rings. The number of ether oxygens (including phenoxy) is 1. The molecule has 11 heteroatoms. The lowest BCUT2D eigenvalue weighted by Crippen LogP contribution is -2.15. The number of nitrogens with one attached hydrogen (secondary N) is 1. The van der Waals surface area contributed by atoms with Crippen LogP contribution in [0.15, 0.2) is 23.1 Å². The summed E-state index contributed by atoms with van der Waals surface area (Å²) in [5, 5.41) is 4.56. The van der Waals surface area contributed by atoms with Crippen molar-refractivity contribution in [3.05, 3.63) is 34.1 Å². The van der Waals surface area contributed by atoms with Gasteiger partial charge in [0.2, 0.25) is 5.88 Å². The predicted octanol–water partition coefficient (Wildman–Crippen LogP) is 2.79. The topological polar surface area (TPSA) is 99.0 Å². The van der Waals surface area contributed by atoms with Gasteiger partial charge in [-0.1, -0.05) is 29.3 Å². The second kappa shape index (κ2) is 6.32. The fraction of sp³-hybridized carbons (Fsp3) is 0.214. The Hall–Kier alpha value is -2.10. The Morgan fingerprint density at radius 3 is 2.64 bits per heavy atom. The number of halogens is 2. The molecule has 0 amide bonds. The van der Waals surface area contributed by atoms with Gasteiger partial charge in [-0.2, -0.15) is 0 Å². The minimum atomic E-state index is -4.04. The van der Waals surface area contributed by atoms with Crippen molar-refractivity contribution in [2.24, 2.45) is 7.05 Å². The number of hydrogen-bond donors (Lipinski definition) is 1. The zero-order valence-corrected chi connectivity index (χ0v) is 15.7. The third-order valence-electron chi connectivity index (χ3n) is 3.39. The summed E-state index contributed by atoms with van der Waals surface area (Å²) in [5.41, 5.74) is 0.430. The van der Waals surface area contributed by atoms with Crippen molar-refractivity contribution < 1.29 is 13.2 Å². The molecule has 0 aliphatic rings. The third kappa shape index (κ3) is 3.10. The van der Waals surface area contributed by atoms with E-state index in [1.54, 1.807) is 14.0 Å². The molecule has 0 spiro atoms. The molecule has 0 atom stereocenters. The molecular weight excluding hydrogens is 389 g/mol.